The van der Waals surface area contributed by atoms with Crippen molar-refractivity contribution in [2.24, 2.45) is 0 Å². The minimum absolute atomic E-state index is 0.347. The van der Waals surface area contributed by atoms with E-state index in [9.17, 15) is 18.0 Å². The van der Waals surface area contributed by atoms with Crippen molar-refractivity contribution in [1.29, 1.82) is 0 Å². The predicted molar refractivity (Wildman–Crippen MR) is 45.0 cm³/mol. The lowest BCUT2D eigenvalue weighted by molar-refractivity contribution is -0.140. The number of methoxy groups -OCH3 is 1. The van der Waals surface area contributed by atoms with Gasteiger partial charge in [-0.2, -0.15) is 13.2 Å². The molecular formula is C8H7F3N2O2. The van der Waals surface area contributed by atoms with Crippen LogP contribution in [0.15, 0.2) is 12.3 Å². The lowest BCUT2D eigenvalue weighted by atomic mass is 10.2. The number of esters is 1. The minimum Gasteiger partial charge on any atom is -0.465 e. The van der Waals surface area contributed by atoms with E-state index in [0.29, 0.717) is 0 Å². The zero-order chi connectivity index (χ0) is 11.6. The van der Waals surface area contributed by atoms with Crippen LogP contribution >= 0.6 is 0 Å². The van der Waals surface area contributed by atoms with Gasteiger partial charge in [0.1, 0.15) is 0 Å². The summed E-state index contributed by atoms with van der Waals surface area (Å²) in [6, 6.07) is 1.07. The van der Waals surface area contributed by atoms with Crippen molar-refractivity contribution < 1.29 is 22.7 Å². The van der Waals surface area contributed by atoms with Crippen molar-refractivity contribution in [3.8, 4) is 0 Å². The monoisotopic (exact) mass is 220 g/mol. The molecule has 0 saturated carbocycles. The molecule has 1 aromatic heterocycles. The minimum atomic E-state index is -4.69. The summed E-state index contributed by atoms with van der Waals surface area (Å²) in [6.45, 7) is 0. The molecule has 0 saturated heterocycles. The number of ether oxygens (including phenoxy) is 1. The highest BCUT2D eigenvalue weighted by molar-refractivity contribution is 5.95. The Morgan fingerprint density at radius 3 is 2.60 bits per heavy atom. The molecule has 1 rings (SSSR count). The second-order valence-electron chi connectivity index (χ2n) is 2.61. The van der Waals surface area contributed by atoms with E-state index >= 15 is 0 Å². The maximum atomic E-state index is 12.3. The maximum Gasteiger partial charge on any atom is 0.435 e. The van der Waals surface area contributed by atoms with E-state index in [1.807, 2.05) is 0 Å². The number of carbonyl (C=O) groups excluding carboxylic acids is 1. The SMILES string of the molecule is COC(=O)c1ccnc(C(F)(F)F)c1N. The van der Waals surface area contributed by atoms with Crippen LogP contribution in [-0.2, 0) is 10.9 Å². The van der Waals surface area contributed by atoms with E-state index in [0.717, 1.165) is 19.4 Å². The highest BCUT2D eigenvalue weighted by Crippen LogP contribution is 2.33. The van der Waals surface area contributed by atoms with E-state index in [4.69, 9.17) is 5.73 Å². The molecule has 0 aromatic carbocycles. The summed E-state index contributed by atoms with van der Waals surface area (Å²) in [7, 11) is 1.05. The van der Waals surface area contributed by atoms with Crippen molar-refractivity contribution in [2.45, 2.75) is 6.18 Å². The lowest BCUT2D eigenvalue weighted by Gasteiger charge is -2.10. The molecule has 0 fully saturated rings. The second-order valence-corrected chi connectivity index (χ2v) is 2.61. The van der Waals surface area contributed by atoms with E-state index in [2.05, 4.69) is 9.72 Å². The Balaban J connectivity index is 3.30. The molecule has 0 unspecified atom stereocenters. The molecule has 7 heteroatoms. The molecule has 0 aliphatic heterocycles. The Labute approximate surface area is 82.9 Å². The van der Waals surface area contributed by atoms with E-state index < -0.39 is 23.5 Å². The van der Waals surface area contributed by atoms with E-state index in [-0.39, 0.29) is 5.56 Å². The molecular weight excluding hydrogens is 213 g/mol. The standard InChI is InChI=1S/C8H7F3N2O2/c1-15-7(14)4-2-3-13-6(5(4)12)8(9,10)11/h2-3H,12H2,1H3. The van der Waals surface area contributed by atoms with Gasteiger partial charge in [-0.05, 0) is 6.07 Å². The summed E-state index contributed by atoms with van der Waals surface area (Å²) in [6.07, 6.45) is -3.83. The van der Waals surface area contributed by atoms with Crippen LogP contribution in [0.5, 0.6) is 0 Å². The third-order valence-electron chi connectivity index (χ3n) is 1.66. The number of carbonyl (C=O) groups is 1. The Kier molecular flexibility index (Phi) is 2.83. The van der Waals surface area contributed by atoms with Crippen molar-refractivity contribution in [3.63, 3.8) is 0 Å². The topological polar surface area (TPSA) is 65.2 Å². The first kappa shape index (κ1) is 11.3. The van der Waals surface area contributed by atoms with Gasteiger partial charge in [0.05, 0.1) is 18.4 Å². The number of anilines is 1. The molecule has 2 N–H and O–H groups in total. The first-order valence-electron chi connectivity index (χ1n) is 3.78. The normalized spacial score (nSPS) is 11.2. The number of pyridine rings is 1. The van der Waals surface area contributed by atoms with Crippen molar-refractivity contribution in [3.05, 3.63) is 23.5 Å². The zero-order valence-corrected chi connectivity index (χ0v) is 7.63. The van der Waals surface area contributed by atoms with Crippen LogP contribution in [0.25, 0.3) is 0 Å². The van der Waals surface area contributed by atoms with Crippen LogP contribution in [-0.4, -0.2) is 18.1 Å². The fourth-order valence-electron chi connectivity index (χ4n) is 0.987. The van der Waals surface area contributed by atoms with Crippen molar-refractivity contribution in [2.75, 3.05) is 12.8 Å². The molecule has 0 amide bonds. The second kappa shape index (κ2) is 3.76. The number of hydrogen-bond acceptors (Lipinski definition) is 4. The third-order valence-corrected chi connectivity index (χ3v) is 1.66. The van der Waals surface area contributed by atoms with Gasteiger partial charge in [0.2, 0.25) is 0 Å². The number of nitrogens with two attached hydrogens (primary N) is 1. The summed E-state index contributed by atoms with van der Waals surface area (Å²) >= 11 is 0. The number of aromatic nitrogens is 1. The molecule has 0 spiro atoms. The van der Waals surface area contributed by atoms with Gasteiger partial charge in [-0.15, -0.1) is 0 Å². The summed E-state index contributed by atoms with van der Waals surface area (Å²) < 4.78 is 41.2. The van der Waals surface area contributed by atoms with Gasteiger partial charge in [0.15, 0.2) is 5.69 Å². The molecule has 1 heterocycles. The van der Waals surface area contributed by atoms with Gasteiger partial charge >= 0.3 is 12.1 Å². The molecule has 1 aromatic rings. The fourth-order valence-corrected chi connectivity index (χ4v) is 0.987. The number of alkyl halides is 3. The summed E-state index contributed by atoms with van der Waals surface area (Å²) in [5.41, 5.74) is 2.80. The first-order valence-corrected chi connectivity index (χ1v) is 3.78. The van der Waals surface area contributed by atoms with Gasteiger partial charge in [-0.25, -0.2) is 9.78 Å². The third kappa shape index (κ3) is 2.17. The molecule has 4 nitrogen and oxygen atoms in total. The van der Waals surface area contributed by atoms with Gasteiger partial charge in [0.25, 0.3) is 0 Å². The zero-order valence-electron chi connectivity index (χ0n) is 7.63. The molecule has 0 bridgehead atoms. The molecule has 0 atom stereocenters. The largest absolute Gasteiger partial charge is 0.465 e. The van der Waals surface area contributed by atoms with Crippen LogP contribution in [0, 0.1) is 0 Å². The first-order chi connectivity index (χ1) is 6.88. The van der Waals surface area contributed by atoms with Crippen molar-refractivity contribution >= 4 is 11.7 Å². The number of rotatable bonds is 1. The van der Waals surface area contributed by atoms with E-state index in [1.165, 1.54) is 0 Å². The van der Waals surface area contributed by atoms with Gasteiger partial charge in [-0.3, -0.25) is 0 Å². The smallest absolute Gasteiger partial charge is 0.435 e. The van der Waals surface area contributed by atoms with Crippen LogP contribution in [0.2, 0.25) is 0 Å². The summed E-state index contributed by atoms with van der Waals surface area (Å²) in [5, 5.41) is 0. The highest BCUT2D eigenvalue weighted by atomic mass is 19.4. The van der Waals surface area contributed by atoms with Crippen LogP contribution in [0.1, 0.15) is 16.1 Å². The average molecular weight is 220 g/mol. The van der Waals surface area contributed by atoms with Gasteiger partial charge in [-0.1, -0.05) is 0 Å². The van der Waals surface area contributed by atoms with Crippen LogP contribution < -0.4 is 5.73 Å². The summed E-state index contributed by atoms with van der Waals surface area (Å²) in [5.74, 6) is -0.930. The number of nitrogen functional groups attached to an aromatic ring is 1. The lowest BCUT2D eigenvalue weighted by Crippen LogP contribution is -2.15. The average Bonchev–Trinajstić information content (AvgIpc) is 2.15. The maximum absolute atomic E-state index is 12.3. The molecule has 15 heavy (non-hydrogen) atoms. The fraction of sp³-hybridized carbons (Fsp3) is 0.250. The van der Waals surface area contributed by atoms with Crippen LogP contribution in [0.3, 0.4) is 0 Å². The highest BCUT2D eigenvalue weighted by Gasteiger charge is 2.36. The Morgan fingerprint density at radius 2 is 2.13 bits per heavy atom. The summed E-state index contributed by atoms with van der Waals surface area (Å²) in [4.78, 5) is 14.1. The van der Waals surface area contributed by atoms with Crippen LogP contribution in [0.4, 0.5) is 18.9 Å². The predicted octanol–water partition coefficient (Wildman–Crippen LogP) is 1.47. The molecule has 0 radical (unpaired) electrons. The molecule has 0 aliphatic carbocycles. The Morgan fingerprint density at radius 1 is 1.53 bits per heavy atom. The number of hydrogen-bond donors (Lipinski definition) is 1. The quantitative estimate of drug-likeness (QED) is 0.728. The number of nitrogens with zero attached hydrogens (tertiary/aromatic N) is 1. The Bertz CT molecular complexity index is 390. The number of halogens is 3. The van der Waals surface area contributed by atoms with Crippen molar-refractivity contribution in [1.82, 2.24) is 4.98 Å². The van der Waals surface area contributed by atoms with E-state index in [1.54, 1.807) is 0 Å². The van der Waals surface area contributed by atoms with Gasteiger partial charge < -0.3 is 10.5 Å². The Hall–Kier alpha value is -1.79. The molecule has 0 aliphatic rings. The van der Waals surface area contributed by atoms with Gasteiger partial charge in [0, 0.05) is 6.20 Å². The molecule has 82 valence electrons.